The zero-order valence-corrected chi connectivity index (χ0v) is 15.1. The third-order valence-corrected chi connectivity index (χ3v) is 5.56. The van der Waals surface area contributed by atoms with Crippen molar-refractivity contribution in [1.82, 2.24) is 24.4 Å². The minimum absolute atomic E-state index is 0.660. The fraction of sp³-hybridized carbons (Fsp3) is 0.632. The predicted octanol–water partition coefficient (Wildman–Crippen LogP) is 2.82. The van der Waals surface area contributed by atoms with Crippen LogP contribution in [0.1, 0.15) is 44.3 Å². The lowest BCUT2D eigenvalue weighted by atomic mass is 10.0. The second kappa shape index (κ2) is 7.52. The smallest absolute Gasteiger partial charge is 0.159 e. The number of imidazole rings is 1. The number of piperidine rings is 1. The number of aromatic nitrogens is 4. The fourth-order valence-corrected chi connectivity index (χ4v) is 4.16. The van der Waals surface area contributed by atoms with Crippen molar-refractivity contribution in [3.8, 4) is 5.82 Å². The lowest BCUT2D eigenvalue weighted by molar-refractivity contribution is 0.182. The molecular weight excluding hydrogens is 312 g/mol. The molecule has 4 rings (SSSR count). The highest BCUT2D eigenvalue weighted by Crippen LogP contribution is 2.23. The zero-order chi connectivity index (χ0) is 17.1. The Balaban J connectivity index is 1.50. The maximum Gasteiger partial charge on any atom is 0.159 e. The van der Waals surface area contributed by atoms with Gasteiger partial charge in [0.1, 0.15) is 11.6 Å². The van der Waals surface area contributed by atoms with Crippen LogP contribution >= 0.6 is 0 Å². The highest BCUT2D eigenvalue weighted by atomic mass is 15.3. The van der Waals surface area contributed by atoms with Gasteiger partial charge in [-0.25, -0.2) is 9.97 Å². The van der Waals surface area contributed by atoms with E-state index in [0.717, 1.165) is 30.5 Å². The molecule has 25 heavy (non-hydrogen) atoms. The summed E-state index contributed by atoms with van der Waals surface area (Å²) in [4.78, 5) is 18.7. The van der Waals surface area contributed by atoms with Gasteiger partial charge >= 0.3 is 0 Å². The largest absolute Gasteiger partial charge is 0.354 e. The number of aryl methyl sites for hydroxylation is 1. The van der Waals surface area contributed by atoms with Crippen LogP contribution in [0.15, 0.2) is 24.8 Å². The van der Waals surface area contributed by atoms with E-state index < -0.39 is 0 Å². The summed E-state index contributed by atoms with van der Waals surface area (Å²) in [6.45, 7) is 6.66. The molecule has 2 aliphatic rings. The van der Waals surface area contributed by atoms with Gasteiger partial charge in [-0.1, -0.05) is 12.8 Å². The number of rotatable bonds is 3. The molecule has 1 unspecified atom stereocenters. The molecule has 134 valence electrons. The minimum atomic E-state index is 0.660. The van der Waals surface area contributed by atoms with Gasteiger partial charge < -0.3 is 4.90 Å². The van der Waals surface area contributed by atoms with Gasteiger partial charge in [-0.05, 0) is 45.7 Å². The summed E-state index contributed by atoms with van der Waals surface area (Å²) in [5.41, 5.74) is 0. The highest BCUT2D eigenvalue weighted by molar-refractivity contribution is 5.40. The number of anilines is 1. The van der Waals surface area contributed by atoms with Gasteiger partial charge in [-0.3, -0.25) is 14.5 Å². The quantitative estimate of drug-likeness (QED) is 0.860. The first-order valence-corrected chi connectivity index (χ1v) is 9.62. The normalized spacial score (nSPS) is 22.8. The molecule has 1 atom stereocenters. The van der Waals surface area contributed by atoms with Gasteiger partial charge in [0.2, 0.25) is 0 Å². The van der Waals surface area contributed by atoms with Crippen molar-refractivity contribution in [2.75, 3.05) is 31.1 Å². The van der Waals surface area contributed by atoms with Crippen molar-refractivity contribution < 1.29 is 0 Å². The Morgan fingerprint density at radius 2 is 1.76 bits per heavy atom. The molecule has 2 aromatic heterocycles. The zero-order valence-electron chi connectivity index (χ0n) is 15.1. The Morgan fingerprint density at radius 3 is 2.52 bits per heavy atom. The van der Waals surface area contributed by atoms with Crippen molar-refractivity contribution in [2.45, 2.75) is 51.5 Å². The molecule has 0 aromatic carbocycles. The van der Waals surface area contributed by atoms with Crippen molar-refractivity contribution in [3.05, 3.63) is 30.6 Å². The van der Waals surface area contributed by atoms with Crippen LogP contribution in [-0.4, -0.2) is 56.6 Å². The Kier molecular flexibility index (Phi) is 4.97. The maximum absolute atomic E-state index is 4.87. The van der Waals surface area contributed by atoms with Gasteiger partial charge in [0.05, 0.1) is 12.4 Å². The average Bonchev–Trinajstić information content (AvgIpc) is 2.92. The van der Waals surface area contributed by atoms with Gasteiger partial charge in [0.15, 0.2) is 5.82 Å². The molecule has 2 aliphatic heterocycles. The molecule has 0 bridgehead atoms. The predicted molar refractivity (Wildman–Crippen MR) is 99.2 cm³/mol. The van der Waals surface area contributed by atoms with E-state index in [1.54, 1.807) is 6.20 Å². The number of hydrogen-bond donors (Lipinski definition) is 0. The summed E-state index contributed by atoms with van der Waals surface area (Å²) < 4.78 is 1.99. The van der Waals surface area contributed by atoms with E-state index in [1.807, 2.05) is 30.1 Å². The third-order valence-electron chi connectivity index (χ3n) is 5.56. The second-order valence-electron chi connectivity index (χ2n) is 7.27. The molecule has 0 radical (unpaired) electrons. The molecule has 0 aliphatic carbocycles. The molecule has 6 nitrogen and oxygen atoms in total. The summed E-state index contributed by atoms with van der Waals surface area (Å²) in [6, 6.07) is 0.660. The van der Waals surface area contributed by atoms with E-state index >= 15 is 0 Å². The molecule has 4 heterocycles. The van der Waals surface area contributed by atoms with Crippen LogP contribution in [0.2, 0.25) is 0 Å². The lowest BCUT2D eigenvalue weighted by Gasteiger charge is -2.39. The Hall–Kier alpha value is -1.95. The highest BCUT2D eigenvalue weighted by Gasteiger charge is 2.26. The van der Waals surface area contributed by atoms with Crippen LogP contribution in [-0.2, 0) is 0 Å². The van der Waals surface area contributed by atoms with E-state index in [1.165, 1.54) is 51.6 Å². The van der Waals surface area contributed by atoms with Crippen LogP contribution in [0.25, 0.3) is 5.82 Å². The van der Waals surface area contributed by atoms with Gasteiger partial charge in [-0.2, -0.15) is 0 Å². The van der Waals surface area contributed by atoms with Crippen molar-refractivity contribution in [1.29, 1.82) is 0 Å². The first-order chi connectivity index (χ1) is 12.3. The van der Waals surface area contributed by atoms with Gasteiger partial charge in [0.25, 0.3) is 0 Å². The van der Waals surface area contributed by atoms with E-state index in [2.05, 4.69) is 19.8 Å². The summed E-state index contributed by atoms with van der Waals surface area (Å²) in [5, 5.41) is 0. The molecular formula is C19H28N6. The van der Waals surface area contributed by atoms with Gasteiger partial charge in [-0.15, -0.1) is 0 Å². The summed E-state index contributed by atoms with van der Waals surface area (Å²) in [5.74, 6) is 2.78. The molecule has 0 spiro atoms. The minimum Gasteiger partial charge on any atom is -0.354 e. The van der Waals surface area contributed by atoms with E-state index in [9.17, 15) is 0 Å². The standard InChI is InChI=1S/C19H28N6/c1-16-21-8-12-25(16)19-14-20-13-18(22-19)24-11-6-7-17(15-24)23-9-4-2-3-5-10-23/h8,12-14,17H,2-7,9-11,15H2,1H3. The summed E-state index contributed by atoms with van der Waals surface area (Å²) in [6.07, 6.45) is 15.5. The third kappa shape index (κ3) is 3.68. The molecule has 2 aromatic rings. The van der Waals surface area contributed by atoms with E-state index in [4.69, 9.17) is 4.98 Å². The monoisotopic (exact) mass is 340 g/mol. The number of nitrogens with zero attached hydrogens (tertiary/aromatic N) is 6. The second-order valence-corrected chi connectivity index (χ2v) is 7.27. The Bertz CT molecular complexity index is 689. The van der Waals surface area contributed by atoms with Crippen LogP contribution in [0.3, 0.4) is 0 Å². The van der Waals surface area contributed by atoms with E-state index in [-0.39, 0.29) is 0 Å². The van der Waals surface area contributed by atoms with Crippen molar-refractivity contribution in [3.63, 3.8) is 0 Å². The molecule has 2 fully saturated rings. The average molecular weight is 340 g/mol. The van der Waals surface area contributed by atoms with Crippen LogP contribution < -0.4 is 4.90 Å². The van der Waals surface area contributed by atoms with Crippen LogP contribution in [0.4, 0.5) is 5.82 Å². The van der Waals surface area contributed by atoms with E-state index in [0.29, 0.717) is 6.04 Å². The number of hydrogen-bond acceptors (Lipinski definition) is 5. The maximum atomic E-state index is 4.87. The van der Waals surface area contributed by atoms with Crippen molar-refractivity contribution in [2.24, 2.45) is 0 Å². The first-order valence-electron chi connectivity index (χ1n) is 9.62. The number of likely N-dealkylation sites (tertiary alicyclic amines) is 1. The summed E-state index contributed by atoms with van der Waals surface area (Å²) >= 11 is 0. The Labute approximate surface area is 149 Å². The van der Waals surface area contributed by atoms with Crippen LogP contribution in [0.5, 0.6) is 0 Å². The summed E-state index contributed by atoms with van der Waals surface area (Å²) in [7, 11) is 0. The fourth-order valence-electron chi connectivity index (χ4n) is 4.16. The first kappa shape index (κ1) is 16.5. The SMILES string of the molecule is Cc1nccn1-c1cncc(N2CCCC(N3CCCCCC3)C2)n1. The molecule has 2 saturated heterocycles. The van der Waals surface area contributed by atoms with Crippen molar-refractivity contribution >= 4 is 5.82 Å². The van der Waals surface area contributed by atoms with Crippen LogP contribution in [0, 0.1) is 6.92 Å². The molecule has 0 N–H and O–H groups in total. The lowest BCUT2D eigenvalue weighted by Crippen LogP contribution is -2.48. The molecule has 0 amide bonds. The molecule has 0 saturated carbocycles. The van der Waals surface area contributed by atoms with Gasteiger partial charge in [0, 0.05) is 31.5 Å². The molecule has 6 heteroatoms. The topological polar surface area (TPSA) is 50.1 Å². The Morgan fingerprint density at radius 1 is 0.960 bits per heavy atom.